The average molecular weight is 198 g/mol. The maximum atomic E-state index is 5.48. The highest BCUT2D eigenvalue weighted by Gasteiger charge is 2.00. The zero-order chi connectivity index (χ0) is 10.2. The number of hydrogen-bond donors (Lipinski definition) is 1. The molecule has 0 aromatic carbocycles. The van der Waals surface area contributed by atoms with Crippen LogP contribution in [0, 0.1) is 0 Å². The summed E-state index contributed by atoms with van der Waals surface area (Å²) in [5.41, 5.74) is 5.48. The van der Waals surface area contributed by atoms with Crippen molar-refractivity contribution in [2.75, 3.05) is 13.2 Å². The van der Waals surface area contributed by atoms with Crippen LogP contribution >= 0.6 is 0 Å². The van der Waals surface area contributed by atoms with Crippen LogP contribution in [-0.4, -0.2) is 28.0 Å². The highest BCUT2D eigenvalue weighted by Crippen LogP contribution is 1.93. The van der Waals surface area contributed by atoms with Crippen molar-refractivity contribution < 1.29 is 4.74 Å². The minimum atomic E-state index is 0.426. The molecule has 1 aromatic rings. The van der Waals surface area contributed by atoms with Crippen LogP contribution in [0.1, 0.15) is 25.6 Å². The van der Waals surface area contributed by atoms with Gasteiger partial charge in [-0.2, -0.15) is 5.10 Å². The van der Waals surface area contributed by atoms with Crippen LogP contribution < -0.4 is 5.73 Å². The van der Waals surface area contributed by atoms with Crippen molar-refractivity contribution in [2.45, 2.75) is 32.9 Å². The third-order valence-corrected chi connectivity index (χ3v) is 1.97. The van der Waals surface area contributed by atoms with Crippen molar-refractivity contribution >= 4 is 0 Å². The molecule has 0 saturated carbocycles. The summed E-state index contributed by atoms with van der Waals surface area (Å²) < 4.78 is 7.20. The van der Waals surface area contributed by atoms with Crippen LogP contribution in [0.5, 0.6) is 0 Å². The summed E-state index contributed by atoms with van der Waals surface area (Å²) in [7, 11) is 0. The van der Waals surface area contributed by atoms with Crippen LogP contribution in [0.15, 0.2) is 6.33 Å². The Morgan fingerprint density at radius 2 is 2.36 bits per heavy atom. The maximum absolute atomic E-state index is 5.48. The molecular formula is C9H18N4O. The van der Waals surface area contributed by atoms with Gasteiger partial charge in [0.15, 0.2) is 0 Å². The fraction of sp³-hybridized carbons (Fsp3) is 0.778. The zero-order valence-corrected chi connectivity index (χ0v) is 8.65. The molecule has 5 heteroatoms. The monoisotopic (exact) mass is 198 g/mol. The second kappa shape index (κ2) is 6.50. The largest absolute Gasteiger partial charge is 0.380 e. The Hall–Kier alpha value is -0.940. The average Bonchev–Trinajstić information content (AvgIpc) is 2.65. The third-order valence-electron chi connectivity index (χ3n) is 1.97. The molecule has 1 aromatic heterocycles. The van der Waals surface area contributed by atoms with Gasteiger partial charge in [-0.05, 0) is 6.42 Å². The molecule has 14 heavy (non-hydrogen) atoms. The Bertz CT molecular complexity index is 249. The van der Waals surface area contributed by atoms with Crippen molar-refractivity contribution in [1.29, 1.82) is 0 Å². The topological polar surface area (TPSA) is 66.0 Å². The molecule has 0 fully saturated rings. The smallest absolute Gasteiger partial charge is 0.140 e. The minimum Gasteiger partial charge on any atom is -0.380 e. The number of rotatable bonds is 7. The van der Waals surface area contributed by atoms with E-state index in [0.717, 1.165) is 31.8 Å². The maximum Gasteiger partial charge on any atom is 0.140 e. The van der Waals surface area contributed by atoms with E-state index < -0.39 is 0 Å². The number of hydrogen-bond acceptors (Lipinski definition) is 4. The lowest BCUT2D eigenvalue weighted by Crippen LogP contribution is -2.13. The third kappa shape index (κ3) is 3.43. The molecule has 0 aliphatic heterocycles. The Kier molecular flexibility index (Phi) is 5.17. The van der Waals surface area contributed by atoms with E-state index in [0.29, 0.717) is 13.2 Å². The van der Waals surface area contributed by atoms with Crippen LogP contribution in [-0.2, 0) is 17.8 Å². The van der Waals surface area contributed by atoms with Gasteiger partial charge < -0.3 is 10.5 Å². The van der Waals surface area contributed by atoms with E-state index >= 15 is 0 Å². The molecule has 0 radical (unpaired) electrons. The molecule has 0 aliphatic rings. The van der Waals surface area contributed by atoms with Gasteiger partial charge in [0.05, 0.1) is 19.7 Å². The van der Waals surface area contributed by atoms with Gasteiger partial charge in [-0.15, -0.1) is 0 Å². The lowest BCUT2D eigenvalue weighted by atomic mass is 10.4. The fourth-order valence-electron chi connectivity index (χ4n) is 1.13. The first-order valence-electron chi connectivity index (χ1n) is 5.03. The second-order valence-electron chi connectivity index (χ2n) is 3.07. The lowest BCUT2D eigenvalue weighted by Gasteiger charge is -2.05. The Morgan fingerprint density at radius 1 is 1.50 bits per heavy atom. The van der Waals surface area contributed by atoms with Crippen LogP contribution in [0.3, 0.4) is 0 Å². The SMILES string of the molecule is CCCCOCCn1ncnc1CN. The van der Waals surface area contributed by atoms with E-state index in [4.69, 9.17) is 10.5 Å². The summed E-state index contributed by atoms with van der Waals surface area (Å²) in [4.78, 5) is 4.02. The van der Waals surface area contributed by atoms with Gasteiger partial charge in [-0.3, -0.25) is 0 Å². The number of aromatic nitrogens is 3. The first-order valence-corrected chi connectivity index (χ1v) is 5.03. The summed E-state index contributed by atoms with van der Waals surface area (Å²) in [6.07, 6.45) is 3.80. The number of ether oxygens (including phenoxy) is 1. The molecule has 2 N–H and O–H groups in total. The molecule has 0 unspecified atom stereocenters. The highest BCUT2D eigenvalue weighted by atomic mass is 16.5. The van der Waals surface area contributed by atoms with Crippen molar-refractivity contribution in [1.82, 2.24) is 14.8 Å². The molecule has 80 valence electrons. The number of unbranched alkanes of at least 4 members (excludes halogenated alkanes) is 1. The van der Waals surface area contributed by atoms with E-state index in [1.165, 1.54) is 6.33 Å². The molecule has 1 heterocycles. The summed E-state index contributed by atoms with van der Waals surface area (Å²) in [5.74, 6) is 0.809. The van der Waals surface area contributed by atoms with Gasteiger partial charge in [0.2, 0.25) is 0 Å². The molecule has 0 saturated heterocycles. The van der Waals surface area contributed by atoms with E-state index in [1.54, 1.807) is 4.68 Å². The minimum absolute atomic E-state index is 0.426. The van der Waals surface area contributed by atoms with Gasteiger partial charge in [0.25, 0.3) is 0 Å². The van der Waals surface area contributed by atoms with Crippen molar-refractivity contribution in [2.24, 2.45) is 5.73 Å². The highest BCUT2D eigenvalue weighted by molar-refractivity contribution is 4.81. The van der Waals surface area contributed by atoms with Gasteiger partial charge in [0.1, 0.15) is 12.2 Å². The Morgan fingerprint density at radius 3 is 3.07 bits per heavy atom. The molecule has 0 aliphatic carbocycles. The van der Waals surface area contributed by atoms with Gasteiger partial charge in [0, 0.05) is 6.61 Å². The summed E-state index contributed by atoms with van der Waals surface area (Å²) in [5, 5.41) is 4.05. The zero-order valence-electron chi connectivity index (χ0n) is 8.65. The predicted molar refractivity (Wildman–Crippen MR) is 53.6 cm³/mol. The van der Waals surface area contributed by atoms with Crippen molar-refractivity contribution in [3.8, 4) is 0 Å². The molecule has 0 atom stereocenters. The summed E-state index contributed by atoms with van der Waals surface area (Å²) in [6.45, 7) is 4.80. The fourth-order valence-corrected chi connectivity index (χ4v) is 1.13. The summed E-state index contributed by atoms with van der Waals surface area (Å²) >= 11 is 0. The molecule has 1 rings (SSSR count). The van der Waals surface area contributed by atoms with Gasteiger partial charge >= 0.3 is 0 Å². The van der Waals surface area contributed by atoms with E-state index in [-0.39, 0.29) is 0 Å². The predicted octanol–water partition coefficient (Wildman–Crippen LogP) is 0.554. The first-order chi connectivity index (χ1) is 6.88. The van der Waals surface area contributed by atoms with Gasteiger partial charge in [-0.1, -0.05) is 13.3 Å². The Balaban J connectivity index is 2.17. The Labute approximate surface area is 84.3 Å². The van der Waals surface area contributed by atoms with E-state index in [1.807, 2.05) is 0 Å². The van der Waals surface area contributed by atoms with Crippen molar-refractivity contribution in [3.63, 3.8) is 0 Å². The molecule has 0 amide bonds. The van der Waals surface area contributed by atoms with Crippen LogP contribution in [0.2, 0.25) is 0 Å². The van der Waals surface area contributed by atoms with Crippen molar-refractivity contribution in [3.05, 3.63) is 12.2 Å². The number of nitrogens with zero attached hydrogens (tertiary/aromatic N) is 3. The van der Waals surface area contributed by atoms with Gasteiger partial charge in [-0.25, -0.2) is 9.67 Å². The molecule has 0 bridgehead atoms. The van der Waals surface area contributed by atoms with Crippen LogP contribution in [0.25, 0.3) is 0 Å². The molecule has 5 nitrogen and oxygen atoms in total. The standard InChI is InChI=1S/C9H18N4O/c1-2-3-5-14-6-4-13-9(7-10)11-8-12-13/h8H,2-7,10H2,1H3. The van der Waals surface area contributed by atoms with E-state index in [9.17, 15) is 0 Å². The normalized spacial score (nSPS) is 10.7. The number of nitrogens with two attached hydrogens (primary N) is 1. The van der Waals surface area contributed by atoms with Crippen LogP contribution in [0.4, 0.5) is 0 Å². The second-order valence-corrected chi connectivity index (χ2v) is 3.07. The lowest BCUT2D eigenvalue weighted by molar-refractivity contribution is 0.120. The molecular weight excluding hydrogens is 180 g/mol. The summed E-state index contributed by atoms with van der Waals surface area (Å²) in [6, 6.07) is 0. The van der Waals surface area contributed by atoms with E-state index in [2.05, 4.69) is 17.0 Å². The first kappa shape index (κ1) is 11.1. The quantitative estimate of drug-likeness (QED) is 0.650. The molecule has 0 spiro atoms.